The Morgan fingerprint density at radius 3 is 2.69 bits per heavy atom. The molecule has 0 heterocycles. The highest BCUT2D eigenvalue weighted by molar-refractivity contribution is 7.99. The lowest BCUT2D eigenvalue weighted by atomic mass is 9.81. The van der Waals surface area contributed by atoms with E-state index in [0.29, 0.717) is 29.2 Å². The van der Waals surface area contributed by atoms with E-state index < -0.39 is 0 Å². The number of carbonyl (C=O) groups is 1. The molecule has 0 radical (unpaired) electrons. The first-order chi connectivity index (χ1) is 13.9. The first-order valence-corrected chi connectivity index (χ1v) is 11.0. The zero-order chi connectivity index (χ0) is 21.4. The molecule has 2 rings (SSSR count). The van der Waals surface area contributed by atoms with Crippen LogP contribution in [0.2, 0.25) is 0 Å². The molecule has 0 aromatic heterocycles. The highest BCUT2D eigenvalue weighted by atomic mass is 32.2. The van der Waals surface area contributed by atoms with E-state index in [1.807, 2.05) is 13.0 Å². The normalized spacial score (nSPS) is 17.6. The Balaban J connectivity index is 2.29. The first-order valence-electron chi connectivity index (χ1n) is 9.98. The molecular formula is C21H28N2O5S. The largest absolute Gasteiger partial charge is 0.511 e. The van der Waals surface area contributed by atoms with Gasteiger partial charge in [-0.25, -0.2) is 0 Å². The van der Waals surface area contributed by atoms with Crippen molar-refractivity contribution in [2.75, 3.05) is 12.4 Å². The quantitative estimate of drug-likeness (QED) is 0.175. The number of nitro benzene ring substituents is 1. The number of Topliss-reactive ketones (excluding diaryl/α,β-unsaturated/α-hetero) is 1. The monoisotopic (exact) mass is 420 g/mol. The average molecular weight is 421 g/mol. The van der Waals surface area contributed by atoms with Gasteiger partial charge >= 0.3 is 0 Å². The molecule has 1 aliphatic carbocycles. The zero-order valence-electron chi connectivity index (χ0n) is 17.1. The van der Waals surface area contributed by atoms with Gasteiger partial charge in [-0.1, -0.05) is 31.5 Å². The molecule has 8 heteroatoms. The molecule has 0 bridgehead atoms. The number of aliphatic hydroxyl groups is 1. The van der Waals surface area contributed by atoms with E-state index in [2.05, 4.69) is 12.1 Å². The van der Waals surface area contributed by atoms with Gasteiger partial charge in [0.2, 0.25) is 0 Å². The molecule has 1 aliphatic rings. The lowest BCUT2D eigenvalue weighted by molar-refractivity contribution is -0.387. The van der Waals surface area contributed by atoms with Crippen LogP contribution in [-0.4, -0.2) is 33.9 Å². The number of oxime groups is 1. The summed E-state index contributed by atoms with van der Waals surface area (Å²) in [7, 11) is 0. The van der Waals surface area contributed by atoms with Gasteiger partial charge in [0, 0.05) is 18.9 Å². The van der Waals surface area contributed by atoms with E-state index in [0.717, 1.165) is 18.6 Å². The van der Waals surface area contributed by atoms with Gasteiger partial charge < -0.3 is 9.94 Å². The van der Waals surface area contributed by atoms with Crippen LogP contribution in [0, 0.1) is 10.1 Å². The molecule has 1 aromatic rings. The molecule has 29 heavy (non-hydrogen) atoms. The summed E-state index contributed by atoms with van der Waals surface area (Å²) in [6.07, 6.45) is 2.90. The summed E-state index contributed by atoms with van der Waals surface area (Å²) >= 11 is 1.47. The number of ketones is 1. The van der Waals surface area contributed by atoms with Crippen molar-refractivity contribution in [2.45, 2.75) is 63.7 Å². The molecule has 1 atom stereocenters. The number of hydrogen-bond donors (Lipinski definition) is 1. The summed E-state index contributed by atoms with van der Waals surface area (Å²) in [5.74, 6) is 0.272. The van der Waals surface area contributed by atoms with Gasteiger partial charge in [0.25, 0.3) is 5.69 Å². The minimum atomic E-state index is -0.381. The van der Waals surface area contributed by atoms with Gasteiger partial charge in [-0.2, -0.15) is 0 Å². The topological polar surface area (TPSA) is 102 Å². The molecule has 1 aromatic carbocycles. The lowest BCUT2D eigenvalue weighted by Gasteiger charge is -2.24. The van der Waals surface area contributed by atoms with Gasteiger partial charge in [-0.05, 0) is 43.1 Å². The number of nitrogens with zero attached hydrogens (tertiary/aromatic N) is 2. The van der Waals surface area contributed by atoms with Crippen LogP contribution in [0.25, 0.3) is 0 Å². The van der Waals surface area contributed by atoms with Crippen LogP contribution in [0.4, 0.5) is 5.69 Å². The third-order valence-corrected chi connectivity index (χ3v) is 5.92. The molecule has 1 unspecified atom stereocenters. The van der Waals surface area contributed by atoms with Crippen molar-refractivity contribution in [3.05, 3.63) is 45.2 Å². The van der Waals surface area contributed by atoms with Crippen LogP contribution >= 0.6 is 11.8 Å². The number of rotatable bonds is 10. The highest BCUT2D eigenvalue weighted by Gasteiger charge is 2.32. The Kier molecular flexibility index (Phi) is 8.70. The fourth-order valence-electron chi connectivity index (χ4n) is 3.27. The maximum atomic E-state index is 12.7. The van der Waals surface area contributed by atoms with E-state index in [9.17, 15) is 20.0 Å². The number of carbonyl (C=O) groups excluding carboxylic acids is 1. The summed E-state index contributed by atoms with van der Waals surface area (Å²) in [4.78, 5) is 29.6. The molecular weight excluding hydrogens is 392 g/mol. The first kappa shape index (κ1) is 22.9. The van der Waals surface area contributed by atoms with E-state index in [1.54, 1.807) is 19.1 Å². The molecule has 0 spiro atoms. The molecule has 0 saturated heterocycles. The van der Waals surface area contributed by atoms with Crippen molar-refractivity contribution < 1.29 is 19.7 Å². The van der Waals surface area contributed by atoms with Gasteiger partial charge in [0.05, 0.1) is 21.1 Å². The maximum Gasteiger partial charge on any atom is 0.283 e. The number of aliphatic hydroxyl groups excluding tert-OH is 1. The average Bonchev–Trinajstić information content (AvgIpc) is 2.70. The molecule has 0 amide bonds. The van der Waals surface area contributed by atoms with E-state index in [4.69, 9.17) is 4.84 Å². The number of unbranched alkanes of at least 4 members (excludes halogenated alkanes) is 1. The minimum absolute atomic E-state index is 0.0318. The Bertz CT molecular complexity index is 819. The standard InChI is InChI=1S/C21H28N2O5S/c1-4-7-10-29-20-9-8-14(11-17(20)23(26)27)15-12-18(24)21(19(25)13-15)16(5-2)22-28-6-3/h8-9,11,15,24H,4-7,10,12-13H2,1-3H3. The number of nitro groups is 1. The number of benzene rings is 1. The second-order valence-corrected chi connectivity index (χ2v) is 7.98. The molecule has 0 fully saturated rings. The van der Waals surface area contributed by atoms with Gasteiger partial charge in [-0.3, -0.25) is 14.9 Å². The zero-order valence-corrected chi connectivity index (χ0v) is 18.0. The molecule has 0 saturated carbocycles. The van der Waals surface area contributed by atoms with Crippen LogP contribution in [0.1, 0.15) is 64.4 Å². The maximum absolute atomic E-state index is 12.7. The molecule has 7 nitrogen and oxygen atoms in total. The Labute approximate surface area is 175 Å². The number of allylic oxidation sites excluding steroid dienone is 2. The predicted octanol–water partition coefficient (Wildman–Crippen LogP) is 5.55. The minimum Gasteiger partial charge on any atom is -0.511 e. The molecule has 0 aliphatic heterocycles. The fraction of sp³-hybridized carbons (Fsp3) is 0.524. The third kappa shape index (κ3) is 5.82. The second-order valence-electron chi connectivity index (χ2n) is 6.85. The summed E-state index contributed by atoms with van der Waals surface area (Å²) in [6, 6.07) is 5.12. The Morgan fingerprint density at radius 1 is 1.34 bits per heavy atom. The smallest absolute Gasteiger partial charge is 0.283 e. The summed E-state index contributed by atoms with van der Waals surface area (Å²) < 4.78 is 0. The summed E-state index contributed by atoms with van der Waals surface area (Å²) in [5.41, 5.74) is 1.40. The number of thioether (sulfide) groups is 1. The highest BCUT2D eigenvalue weighted by Crippen LogP contribution is 2.38. The SMILES string of the molecule is CCCCSc1ccc(C2CC(=O)C(C(CC)=NOCC)=C(O)C2)cc1[N+](=O)[O-]. The van der Waals surface area contributed by atoms with E-state index in [-0.39, 0.29) is 46.5 Å². The van der Waals surface area contributed by atoms with Crippen molar-refractivity contribution >= 4 is 28.9 Å². The van der Waals surface area contributed by atoms with Crippen molar-refractivity contribution in [2.24, 2.45) is 5.16 Å². The van der Waals surface area contributed by atoms with Crippen molar-refractivity contribution in [3.8, 4) is 0 Å². The van der Waals surface area contributed by atoms with Crippen molar-refractivity contribution in [1.29, 1.82) is 0 Å². The van der Waals surface area contributed by atoms with Crippen LogP contribution in [0.15, 0.2) is 39.6 Å². The van der Waals surface area contributed by atoms with Crippen molar-refractivity contribution in [1.82, 2.24) is 0 Å². The summed E-state index contributed by atoms with van der Waals surface area (Å²) in [6.45, 7) is 6.09. The number of hydrogen-bond acceptors (Lipinski definition) is 7. The molecule has 1 N–H and O–H groups in total. The van der Waals surface area contributed by atoms with Gasteiger partial charge in [0.15, 0.2) is 5.78 Å². The van der Waals surface area contributed by atoms with Gasteiger partial charge in [-0.15, -0.1) is 11.8 Å². The van der Waals surface area contributed by atoms with Crippen LogP contribution < -0.4 is 0 Å². The van der Waals surface area contributed by atoms with E-state index in [1.165, 1.54) is 11.8 Å². The van der Waals surface area contributed by atoms with Crippen LogP contribution in [0.5, 0.6) is 0 Å². The van der Waals surface area contributed by atoms with Gasteiger partial charge in [0.1, 0.15) is 12.4 Å². The third-order valence-electron chi connectivity index (χ3n) is 4.77. The Morgan fingerprint density at radius 2 is 2.10 bits per heavy atom. The lowest BCUT2D eigenvalue weighted by Crippen LogP contribution is -2.23. The van der Waals surface area contributed by atoms with Crippen LogP contribution in [-0.2, 0) is 9.63 Å². The summed E-state index contributed by atoms with van der Waals surface area (Å²) in [5, 5.41) is 26.0. The Hall–Kier alpha value is -2.35. The van der Waals surface area contributed by atoms with E-state index >= 15 is 0 Å². The molecule has 158 valence electrons. The predicted molar refractivity (Wildman–Crippen MR) is 115 cm³/mol. The van der Waals surface area contributed by atoms with Crippen LogP contribution in [0.3, 0.4) is 0 Å². The fourth-order valence-corrected chi connectivity index (χ4v) is 4.37. The van der Waals surface area contributed by atoms with Crippen molar-refractivity contribution in [3.63, 3.8) is 0 Å². The second kappa shape index (κ2) is 11.0.